The fourth-order valence-corrected chi connectivity index (χ4v) is 3.29. The summed E-state index contributed by atoms with van der Waals surface area (Å²) in [5.74, 6) is 0.101. The molecule has 5 heteroatoms. The summed E-state index contributed by atoms with van der Waals surface area (Å²) < 4.78 is 11.7. The molecule has 22 heavy (non-hydrogen) atoms. The molecule has 0 aliphatic carbocycles. The van der Waals surface area contributed by atoms with Crippen LogP contribution in [0.25, 0.3) is 0 Å². The Labute approximate surface area is 130 Å². The molecule has 0 radical (unpaired) electrons. The smallest absolute Gasteiger partial charge is 0.229 e. The zero-order valence-electron chi connectivity index (χ0n) is 12.7. The number of hydrogen-bond donors (Lipinski definition) is 0. The van der Waals surface area contributed by atoms with Crippen molar-refractivity contribution in [1.29, 1.82) is 0 Å². The number of carbonyl (C=O) groups is 1. The van der Waals surface area contributed by atoms with E-state index in [9.17, 15) is 4.79 Å². The van der Waals surface area contributed by atoms with E-state index in [4.69, 9.17) is 9.47 Å². The highest BCUT2D eigenvalue weighted by Crippen LogP contribution is 2.31. The fourth-order valence-electron chi connectivity index (χ4n) is 3.29. The third-order valence-electron chi connectivity index (χ3n) is 4.28. The Morgan fingerprint density at radius 1 is 1.55 bits per heavy atom. The van der Waals surface area contributed by atoms with Crippen LogP contribution in [0.5, 0.6) is 0 Å². The molecule has 0 N–H and O–H groups in total. The van der Waals surface area contributed by atoms with Crippen LogP contribution < -0.4 is 0 Å². The summed E-state index contributed by atoms with van der Waals surface area (Å²) in [4.78, 5) is 18.8. The largest absolute Gasteiger partial charge is 0.373 e. The van der Waals surface area contributed by atoms with Crippen molar-refractivity contribution in [2.24, 2.45) is 0 Å². The third-order valence-corrected chi connectivity index (χ3v) is 4.28. The van der Waals surface area contributed by atoms with Gasteiger partial charge in [-0.1, -0.05) is 12.1 Å². The van der Waals surface area contributed by atoms with Crippen molar-refractivity contribution in [3.8, 4) is 0 Å². The van der Waals surface area contributed by atoms with E-state index in [2.05, 4.69) is 11.6 Å². The summed E-state index contributed by atoms with van der Waals surface area (Å²) in [6, 6.07) is 5.77. The van der Waals surface area contributed by atoms with Gasteiger partial charge in [0.2, 0.25) is 5.91 Å². The van der Waals surface area contributed by atoms with Crippen molar-refractivity contribution >= 4 is 5.91 Å². The van der Waals surface area contributed by atoms with Gasteiger partial charge in [-0.25, -0.2) is 0 Å². The molecule has 0 saturated carbocycles. The van der Waals surface area contributed by atoms with Crippen molar-refractivity contribution in [2.75, 3.05) is 19.8 Å². The van der Waals surface area contributed by atoms with Crippen LogP contribution >= 0.6 is 0 Å². The van der Waals surface area contributed by atoms with Gasteiger partial charge in [0.25, 0.3) is 0 Å². The summed E-state index contributed by atoms with van der Waals surface area (Å²) in [6.45, 7) is 5.51. The Balaban J connectivity index is 1.69. The molecule has 0 spiro atoms. The predicted molar refractivity (Wildman–Crippen MR) is 82.4 cm³/mol. The number of pyridine rings is 1. The third kappa shape index (κ3) is 3.20. The second-order valence-electron chi connectivity index (χ2n) is 5.75. The lowest BCUT2D eigenvalue weighted by Crippen LogP contribution is -2.44. The lowest BCUT2D eigenvalue weighted by atomic mass is 10.0. The molecule has 1 aromatic rings. The first-order valence-corrected chi connectivity index (χ1v) is 7.83. The van der Waals surface area contributed by atoms with E-state index in [0.29, 0.717) is 19.6 Å². The molecule has 2 saturated heterocycles. The van der Waals surface area contributed by atoms with Crippen molar-refractivity contribution < 1.29 is 14.3 Å². The van der Waals surface area contributed by atoms with Crippen LogP contribution in [-0.2, 0) is 20.7 Å². The van der Waals surface area contributed by atoms with Gasteiger partial charge in [-0.3, -0.25) is 9.78 Å². The molecule has 0 bridgehead atoms. The monoisotopic (exact) mass is 302 g/mol. The Morgan fingerprint density at radius 3 is 3.23 bits per heavy atom. The SMILES string of the molecule is C=CCO[C@@H]1CN(C(=O)Cc2ccccn2)[C@@H]2CCCO[C@@H]21. The number of nitrogens with zero attached hydrogens (tertiary/aromatic N) is 2. The maximum absolute atomic E-state index is 12.6. The Hall–Kier alpha value is -1.72. The van der Waals surface area contributed by atoms with Crippen LogP contribution in [-0.4, -0.2) is 53.8 Å². The van der Waals surface area contributed by atoms with Crippen molar-refractivity contribution in [3.05, 3.63) is 42.7 Å². The summed E-state index contributed by atoms with van der Waals surface area (Å²) in [6.07, 6.45) is 5.68. The highest BCUT2D eigenvalue weighted by atomic mass is 16.5. The molecule has 2 fully saturated rings. The van der Waals surface area contributed by atoms with E-state index < -0.39 is 0 Å². The van der Waals surface area contributed by atoms with Crippen LogP contribution in [0.3, 0.4) is 0 Å². The molecule has 3 heterocycles. The Morgan fingerprint density at radius 2 is 2.45 bits per heavy atom. The second kappa shape index (κ2) is 7.03. The van der Waals surface area contributed by atoms with Gasteiger partial charge in [0.1, 0.15) is 12.2 Å². The number of amides is 1. The number of ether oxygens (including phenoxy) is 2. The molecule has 118 valence electrons. The molecular weight excluding hydrogens is 280 g/mol. The van der Waals surface area contributed by atoms with Crippen LogP contribution in [0.15, 0.2) is 37.1 Å². The highest BCUT2D eigenvalue weighted by molar-refractivity contribution is 5.79. The van der Waals surface area contributed by atoms with E-state index in [1.165, 1.54) is 0 Å². The zero-order valence-corrected chi connectivity index (χ0v) is 12.7. The van der Waals surface area contributed by atoms with Crippen LogP contribution in [0.2, 0.25) is 0 Å². The molecule has 1 amide bonds. The average molecular weight is 302 g/mol. The molecule has 5 nitrogen and oxygen atoms in total. The maximum Gasteiger partial charge on any atom is 0.229 e. The zero-order chi connectivity index (χ0) is 15.4. The quantitative estimate of drug-likeness (QED) is 0.775. The van der Waals surface area contributed by atoms with Gasteiger partial charge >= 0.3 is 0 Å². The second-order valence-corrected chi connectivity index (χ2v) is 5.75. The Kier molecular flexibility index (Phi) is 4.85. The standard InChI is InChI=1S/C17H22N2O3/c1-2-9-21-15-12-19(14-7-5-10-22-17(14)15)16(20)11-13-6-3-4-8-18-13/h2-4,6,8,14-15,17H,1,5,7,9-12H2/t14-,15-,17+/m1/s1. The molecule has 3 rings (SSSR count). The lowest BCUT2D eigenvalue weighted by molar-refractivity contribution is -0.134. The van der Waals surface area contributed by atoms with E-state index in [1.54, 1.807) is 12.3 Å². The number of hydrogen-bond acceptors (Lipinski definition) is 4. The van der Waals surface area contributed by atoms with Gasteiger partial charge in [0.15, 0.2) is 0 Å². The van der Waals surface area contributed by atoms with Gasteiger partial charge in [-0.05, 0) is 25.0 Å². The van der Waals surface area contributed by atoms with E-state index in [-0.39, 0.29) is 24.2 Å². The van der Waals surface area contributed by atoms with Crippen molar-refractivity contribution in [2.45, 2.75) is 37.5 Å². The molecule has 0 aromatic carbocycles. The predicted octanol–water partition coefficient (Wildman–Crippen LogP) is 1.59. The minimum Gasteiger partial charge on any atom is -0.373 e. The molecule has 0 unspecified atom stereocenters. The molecule has 2 aliphatic rings. The number of carbonyl (C=O) groups excluding carboxylic acids is 1. The van der Waals surface area contributed by atoms with Gasteiger partial charge < -0.3 is 14.4 Å². The van der Waals surface area contributed by atoms with E-state index >= 15 is 0 Å². The van der Waals surface area contributed by atoms with E-state index in [1.807, 2.05) is 23.1 Å². The fraction of sp³-hybridized carbons (Fsp3) is 0.529. The number of likely N-dealkylation sites (tertiary alicyclic amines) is 1. The molecular formula is C17H22N2O3. The average Bonchev–Trinajstić information content (AvgIpc) is 2.93. The lowest BCUT2D eigenvalue weighted by Gasteiger charge is -2.32. The molecule has 1 aromatic heterocycles. The summed E-state index contributed by atoms with van der Waals surface area (Å²) in [7, 11) is 0. The summed E-state index contributed by atoms with van der Waals surface area (Å²) in [5.41, 5.74) is 0.802. The minimum absolute atomic E-state index is 0.0126. The van der Waals surface area contributed by atoms with Gasteiger partial charge in [-0.15, -0.1) is 6.58 Å². The topological polar surface area (TPSA) is 51.7 Å². The van der Waals surface area contributed by atoms with Gasteiger partial charge in [0, 0.05) is 25.0 Å². The van der Waals surface area contributed by atoms with Crippen LogP contribution in [0, 0.1) is 0 Å². The molecule has 2 aliphatic heterocycles. The number of fused-ring (bicyclic) bond motifs is 1. The normalized spacial score (nSPS) is 27.5. The van der Waals surface area contributed by atoms with Crippen molar-refractivity contribution in [3.63, 3.8) is 0 Å². The highest BCUT2D eigenvalue weighted by Gasteiger charge is 2.46. The molecule has 3 atom stereocenters. The van der Waals surface area contributed by atoms with Crippen LogP contribution in [0.4, 0.5) is 0 Å². The maximum atomic E-state index is 12.6. The Bertz CT molecular complexity index is 520. The first-order chi connectivity index (χ1) is 10.8. The van der Waals surface area contributed by atoms with Crippen LogP contribution in [0.1, 0.15) is 18.5 Å². The summed E-state index contributed by atoms with van der Waals surface area (Å²) >= 11 is 0. The summed E-state index contributed by atoms with van der Waals surface area (Å²) in [5, 5.41) is 0. The van der Waals surface area contributed by atoms with Crippen molar-refractivity contribution in [1.82, 2.24) is 9.88 Å². The number of aromatic nitrogens is 1. The van der Waals surface area contributed by atoms with Gasteiger partial charge in [0.05, 0.1) is 19.1 Å². The van der Waals surface area contributed by atoms with Gasteiger partial charge in [-0.2, -0.15) is 0 Å². The minimum atomic E-state index is -0.0593. The number of rotatable bonds is 5. The first kappa shape index (κ1) is 15.2. The first-order valence-electron chi connectivity index (χ1n) is 7.83. The van der Waals surface area contributed by atoms with E-state index in [0.717, 1.165) is 25.1 Å².